The Morgan fingerprint density at radius 3 is 2.67 bits per heavy atom. The topological polar surface area (TPSA) is 80.0 Å². The molecule has 0 spiro atoms. The number of rotatable bonds is 6. The minimum absolute atomic E-state index is 0. The standard InChI is InChI=1S/C14H22N4O2.ClH/c1-10-16-13(18-20-10)14(6-2-3-7-14)17-12(19)9-15-8-11-4-5-11;/h11,15H,2-9H2,1H3,(H,17,19);1H. The lowest BCUT2D eigenvalue weighted by molar-refractivity contribution is -0.122. The van der Waals surface area contributed by atoms with Gasteiger partial charge >= 0.3 is 0 Å². The van der Waals surface area contributed by atoms with E-state index in [1.807, 2.05) is 0 Å². The Balaban J connectivity index is 0.00000161. The van der Waals surface area contributed by atoms with Gasteiger partial charge in [0.15, 0.2) is 5.82 Å². The summed E-state index contributed by atoms with van der Waals surface area (Å²) in [6.07, 6.45) is 6.54. The van der Waals surface area contributed by atoms with Crippen LogP contribution in [0.1, 0.15) is 50.2 Å². The van der Waals surface area contributed by atoms with Crippen LogP contribution in [-0.2, 0) is 10.3 Å². The third-order valence-electron chi connectivity index (χ3n) is 4.21. The van der Waals surface area contributed by atoms with E-state index in [4.69, 9.17) is 4.52 Å². The van der Waals surface area contributed by atoms with Crippen molar-refractivity contribution in [3.63, 3.8) is 0 Å². The molecule has 0 atom stereocenters. The van der Waals surface area contributed by atoms with Gasteiger partial charge < -0.3 is 15.2 Å². The molecule has 0 radical (unpaired) electrons. The molecule has 0 aromatic carbocycles. The Labute approximate surface area is 130 Å². The summed E-state index contributed by atoms with van der Waals surface area (Å²) in [4.78, 5) is 16.4. The maximum absolute atomic E-state index is 12.1. The third kappa shape index (κ3) is 3.95. The molecule has 21 heavy (non-hydrogen) atoms. The Bertz CT molecular complexity index is 481. The average Bonchev–Trinajstić information content (AvgIpc) is 2.93. The molecule has 2 N–H and O–H groups in total. The van der Waals surface area contributed by atoms with Crippen LogP contribution in [0.15, 0.2) is 4.52 Å². The number of aromatic nitrogens is 2. The summed E-state index contributed by atoms with van der Waals surface area (Å²) in [6.45, 7) is 3.09. The summed E-state index contributed by atoms with van der Waals surface area (Å²) in [5.74, 6) is 1.98. The van der Waals surface area contributed by atoms with Crippen molar-refractivity contribution in [2.75, 3.05) is 13.1 Å². The highest BCUT2D eigenvalue weighted by Gasteiger charge is 2.41. The number of aryl methyl sites for hydroxylation is 1. The van der Waals surface area contributed by atoms with Crippen LogP contribution in [0.25, 0.3) is 0 Å². The second kappa shape index (κ2) is 6.75. The maximum Gasteiger partial charge on any atom is 0.234 e. The van der Waals surface area contributed by atoms with Crippen LogP contribution in [-0.4, -0.2) is 29.1 Å². The van der Waals surface area contributed by atoms with Crippen LogP contribution in [0.4, 0.5) is 0 Å². The van der Waals surface area contributed by atoms with Crippen molar-refractivity contribution in [2.45, 2.75) is 51.0 Å². The minimum Gasteiger partial charge on any atom is -0.342 e. The molecule has 1 amide bonds. The second-order valence-electron chi connectivity index (χ2n) is 6.05. The predicted molar refractivity (Wildman–Crippen MR) is 80.2 cm³/mol. The van der Waals surface area contributed by atoms with Gasteiger partial charge in [-0.2, -0.15) is 4.98 Å². The van der Waals surface area contributed by atoms with Gasteiger partial charge in [0.05, 0.1) is 6.54 Å². The smallest absolute Gasteiger partial charge is 0.234 e. The highest BCUT2D eigenvalue weighted by Crippen LogP contribution is 2.37. The molecule has 6 nitrogen and oxygen atoms in total. The second-order valence-corrected chi connectivity index (χ2v) is 6.05. The van der Waals surface area contributed by atoms with Gasteiger partial charge in [-0.3, -0.25) is 4.79 Å². The van der Waals surface area contributed by atoms with E-state index in [9.17, 15) is 4.79 Å². The lowest BCUT2D eigenvalue weighted by atomic mass is 9.96. The fourth-order valence-corrected chi connectivity index (χ4v) is 2.90. The van der Waals surface area contributed by atoms with Crippen LogP contribution < -0.4 is 10.6 Å². The molecular formula is C14H23ClN4O2. The molecule has 3 rings (SSSR count). The Kier molecular flexibility index (Phi) is 5.22. The van der Waals surface area contributed by atoms with E-state index >= 15 is 0 Å². The van der Waals surface area contributed by atoms with Crippen molar-refractivity contribution in [1.82, 2.24) is 20.8 Å². The molecule has 7 heteroatoms. The van der Waals surface area contributed by atoms with Crippen molar-refractivity contribution >= 4 is 18.3 Å². The molecule has 118 valence electrons. The number of halogens is 1. The number of carbonyl (C=O) groups is 1. The number of hydrogen-bond donors (Lipinski definition) is 2. The molecule has 0 bridgehead atoms. The molecule has 2 fully saturated rings. The van der Waals surface area contributed by atoms with E-state index in [2.05, 4.69) is 20.8 Å². The number of nitrogens with one attached hydrogen (secondary N) is 2. The lowest BCUT2D eigenvalue weighted by Crippen LogP contribution is -2.48. The molecule has 2 aliphatic carbocycles. The van der Waals surface area contributed by atoms with Gasteiger partial charge in [0.2, 0.25) is 11.8 Å². The summed E-state index contributed by atoms with van der Waals surface area (Å²) < 4.78 is 5.08. The van der Waals surface area contributed by atoms with Crippen molar-refractivity contribution in [3.8, 4) is 0 Å². The van der Waals surface area contributed by atoms with Crippen LogP contribution in [0.5, 0.6) is 0 Å². The van der Waals surface area contributed by atoms with E-state index in [0.29, 0.717) is 18.3 Å². The zero-order valence-corrected chi connectivity index (χ0v) is 13.2. The van der Waals surface area contributed by atoms with Crippen LogP contribution in [0.3, 0.4) is 0 Å². The van der Waals surface area contributed by atoms with Crippen molar-refractivity contribution in [1.29, 1.82) is 0 Å². The molecule has 2 aliphatic rings. The Hall–Kier alpha value is -1.14. The Morgan fingerprint density at radius 2 is 2.10 bits per heavy atom. The zero-order chi connectivity index (χ0) is 14.0. The van der Waals surface area contributed by atoms with Gasteiger partial charge in [-0.25, -0.2) is 0 Å². The highest BCUT2D eigenvalue weighted by atomic mass is 35.5. The number of hydrogen-bond acceptors (Lipinski definition) is 5. The largest absolute Gasteiger partial charge is 0.342 e. The van der Waals surface area contributed by atoms with Gasteiger partial charge in [0, 0.05) is 6.92 Å². The number of carbonyl (C=O) groups excluding carboxylic acids is 1. The summed E-state index contributed by atoms with van der Waals surface area (Å²) in [5.41, 5.74) is -0.421. The fraction of sp³-hybridized carbons (Fsp3) is 0.786. The summed E-state index contributed by atoms with van der Waals surface area (Å²) >= 11 is 0. The van der Waals surface area contributed by atoms with E-state index in [0.717, 1.165) is 38.1 Å². The predicted octanol–water partition coefficient (Wildman–Crippen LogP) is 1.68. The first-order valence-electron chi connectivity index (χ1n) is 7.50. The SMILES string of the molecule is Cc1nc(C2(NC(=O)CNCC3CC3)CCCC2)no1.Cl. The molecular weight excluding hydrogens is 292 g/mol. The van der Waals surface area contributed by atoms with Gasteiger partial charge in [0.1, 0.15) is 5.54 Å². The normalized spacial score (nSPS) is 20.0. The van der Waals surface area contributed by atoms with Crippen molar-refractivity contribution in [2.24, 2.45) is 5.92 Å². The molecule has 0 saturated heterocycles. The summed E-state index contributed by atoms with van der Waals surface area (Å²) in [7, 11) is 0. The first kappa shape index (κ1) is 16.2. The third-order valence-corrected chi connectivity index (χ3v) is 4.21. The summed E-state index contributed by atoms with van der Waals surface area (Å²) in [5, 5.41) is 10.4. The first-order chi connectivity index (χ1) is 9.68. The van der Waals surface area contributed by atoms with Gasteiger partial charge in [-0.1, -0.05) is 18.0 Å². The number of nitrogens with zero attached hydrogens (tertiary/aromatic N) is 2. The van der Waals surface area contributed by atoms with Crippen LogP contribution in [0, 0.1) is 12.8 Å². The molecule has 1 aromatic heterocycles. The van der Waals surface area contributed by atoms with Crippen LogP contribution in [0.2, 0.25) is 0 Å². The van der Waals surface area contributed by atoms with Crippen molar-refractivity contribution < 1.29 is 9.32 Å². The summed E-state index contributed by atoms with van der Waals surface area (Å²) in [6, 6.07) is 0. The fourth-order valence-electron chi connectivity index (χ4n) is 2.90. The van der Waals surface area contributed by atoms with E-state index in [1.165, 1.54) is 12.8 Å². The maximum atomic E-state index is 12.1. The average molecular weight is 315 g/mol. The highest BCUT2D eigenvalue weighted by molar-refractivity contribution is 5.85. The van der Waals surface area contributed by atoms with Gasteiger partial charge in [-0.15, -0.1) is 12.4 Å². The van der Waals surface area contributed by atoms with E-state index < -0.39 is 5.54 Å². The number of amides is 1. The Morgan fingerprint density at radius 1 is 1.38 bits per heavy atom. The quantitative estimate of drug-likeness (QED) is 0.835. The molecule has 1 heterocycles. The van der Waals surface area contributed by atoms with Gasteiger partial charge in [0.25, 0.3) is 0 Å². The van der Waals surface area contributed by atoms with Crippen molar-refractivity contribution in [3.05, 3.63) is 11.7 Å². The molecule has 2 saturated carbocycles. The first-order valence-corrected chi connectivity index (χ1v) is 7.50. The zero-order valence-electron chi connectivity index (χ0n) is 12.4. The van der Waals surface area contributed by atoms with E-state index in [1.54, 1.807) is 6.92 Å². The molecule has 0 unspecified atom stereocenters. The molecule has 0 aliphatic heterocycles. The van der Waals surface area contributed by atoms with E-state index in [-0.39, 0.29) is 18.3 Å². The van der Waals surface area contributed by atoms with Gasteiger partial charge in [-0.05, 0) is 38.1 Å². The molecule has 1 aromatic rings. The minimum atomic E-state index is -0.421. The van der Waals surface area contributed by atoms with Crippen LogP contribution >= 0.6 is 12.4 Å². The monoisotopic (exact) mass is 314 g/mol. The lowest BCUT2D eigenvalue weighted by Gasteiger charge is -2.26.